The summed E-state index contributed by atoms with van der Waals surface area (Å²) in [5, 5.41) is 15.3. The van der Waals surface area contributed by atoms with Gasteiger partial charge in [-0.15, -0.1) is 0 Å². The van der Waals surface area contributed by atoms with Crippen molar-refractivity contribution in [2.45, 2.75) is 6.92 Å². The van der Waals surface area contributed by atoms with Crippen LogP contribution < -0.4 is 5.01 Å². The quantitative estimate of drug-likeness (QED) is 0.612. The molecule has 0 aromatic heterocycles. The lowest BCUT2D eigenvalue weighted by Gasteiger charge is -2.11. The first-order valence-corrected chi connectivity index (χ1v) is 7.79. The average Bonchev–Trinajstić information content (AvgIpc) is 2.80. The standard InChI is InChI=1S/C17H13IN2O2/c1-11-14(9-12-7-8-16(21)15(18)10-12)17(22)20(19-11)13-5-3-2-4-6-13/h2-10,21H,1H3. The van der Waals surface area contributed by atoms with Gasteiger partial charge in [0.25, 0.3) is 5.91 Å². The number of carbonyl (C=O) groups is 1. The number of halogens is 1. The highest BCUT2D eigenvalue weighted by Gasteiger charge is 2.28. The largest absolute Gasteiger partial charge is 0.507 e. The number of hydrogen-bond acceptors (Lipinski definition) is 3. The molecule has 22 heavy (non-hydrogen) atoms. The Bertz CT molecular complexity index is 798. The molecule has 0 spiro atoms. The predicted octanol–water partition coefficient (Wildman–Crippen LogP) is 3.80. The molecule has 0 saturated carbocycles. The van der Waals surface area contributed by atoms with Crippen molar-refractivity contribution in [1.29, 1.82) is 0 Å². The minimum Gasteiger partial charge on any atom is -0.507 e. The second-order valence-corrected chi connectivity index (χ2v) is 6.07. The third-order valence-electron chi connectivity index (χ3n) is 3.35. The summed E-state index contributed by atoms with van der Waals surface area (Å²) in [5.74, 6) is 0.0867. The first-order chi connectivity index (χ1) is 10.6. The van der Waals surface area contributed by atoms with E-state index in [4.69, 9.17) is 0 Å². The highest BCUT2D eigenvalue weighted by Crippen LogP contribution is 2.26. The summed E-state index contributed by atoms with van der Waals surface area (Å²) < 4.78 is 0.743. The van der Waals surface area contributed by atoms with Crippen molar-refractivity contribution in [3.63, 3.8) is 0 Å². The zero-order valence-electron chi connectivity index (χ0n) is 11.8. The van der Waals surface area contributed by atoms with E-state index in [1.54, 1.807) is 18.2 Å². The van der Waals surface area contributed by atoms with Gasteiger partial charge in [-0.25, -0.2) is 0 Å². The maximum atomic E-state index is 12.6. The van der Waals surface area contributed by atoms with Gasteiger partial charge in [0.15, 0.2) is 0 Å². The van der Waals surface area contributed by atoms with Crippen molar-refractivity contribution in [3.05, 3.63) is 63.2 Å². The Morgan fingerprint density at radius 3 is 2.59 bits per heavy atom. The minimum atomic E-state index is -0.146. The van der Waals surface area contributed by atoms with Crippen LogP contribution >= 0.6 is 22.6 Å². The summed E-state index contributed by atoms with van der Waals surface area (Å²) in [6.07, 6.45) is 1.80. The lowest BCUT2D eigenvalue weighted by atomic mass is 10.1. The van der Waals surface area contributed by atoms with Gasteiger partial charge >= 0.3 is 0 Å². The molecule has 110 valence electrons. The third kappa shape index (κ3) is 2.76. The average molecular weight is 404 g/mol. The van der Waals surface area contributed by atoms with Gasteiger partial charge in [-0.05, 0) is 65.4 Å². The molecule has 1 amide bonds. The molecule has 0 atom stereocenters. The molecule has 1 N–H and O–H groups in total. The fourth-order valence-electron chi connectivity index (χ4n) is 2.21. The molecular formula is C17H13IN2O2. The molecule has 0 radical (unpaired) electrons. The van der Waals surface area contributed by atoms with Crippen LogP contribution in [0.1, 0.15) is 12.5 Å². The van der Waals surface area contributed by atoms with Gasteiger partial charge in [-0.2, -0.15) is 10.1 Å². The number of benzene rings is 2. The van der Waals surface area contributed by atoms with E-state index >= 15 is 0 Å². The molecule has 1 aliphatic rings. The van der Waals surface area contributed by atoms with E-state index in [1.165, 1.54) is 5.01 Å². The van der Waals surface area contributed by atoms with E-state index in [1.807, 2.05) is 43.3 Å². The Morgan fingerprint density at radius 2 is 1.91 bits per heavy atom. The van der Waals surface area contributed by atoms with Gasteiger partial charge in [0, 0.05) is 0 Å². The lowest BCUT2D eigenvalue weighted by molar-refractivity contribution is -0.114. The van der Waals surface area contributed by atoms with Crippen LogP contribution in [0.15, 0.2) is 59.2 Å². The van der Waals surface area contributed by atoms with Crippen molar-refractivity contribution in [2.24, 2.45) is 5.10 Å². The van der Waals surface area contributed by atoms with E-state index < -0.39 is 0 Å². The van der Waals surface area contributed by atoms with E-state index in [-0.39, 0.29) is 11.7 Å². The first kappa shape index (κ1) is 14.8. The van der Waals surface area contributed by atoms with Gasteiger partial charge in [0.2, 0.25) is 0 Å². The van der Waals surface area contributed by atoms with Crippen LogP contribution in [0.25, 0.3) is 6.08 Å². The van der Waals surface area contributed by atoms with E-state index in [2.05, 4.69) is 27.7 Å². The number of nitrogens with zero attached hydrogens (tertiary/aromatic N) is 2. The number of anilines is 1. The van der Waals surface area contributed by atoms with Gasteiger partial charge in [-0.1, -0.05) is 24.3 Å². The molecule has 5 heteroatoms. The van der Waals surface area contributed by atoms with Gasteiger partial charge in [-0.3, -0.25) is 4.79 Å². The van der Waals surface area contributed by atoms with Gasteiger partial charge in [0.1, 0.15) is 5.75 Å². The normalized spacial score (nSPS) is 16.3. The molecule has 2 aromatic carbocycles. The number of phenolic OH excluding ortho intramolecular Hbond substituents is 1. The maximum Gasteiger partial charge on any atom is 0.280 e. The SMILES string of the molecule is CC1=NN(c2ccccc2)C(=O)C1=Cc1ccc(O)c(I)c1. The molecule has 1 heterocycles. The Balaban J connectivity index is 1.96. The van der Waals surface area contributed by atoms with E-state index in [0.29, 0.717) is 11.3 Å². The zero-order chi connectivity index (χ0) is 15.7. The van der Waals surface area contributed by atoms with Crippen molar-refractivity contribution in [2.75, 3.05) is 5.01 Å². The van der Waals surface area contributed by atoms with Gasteiger partial charge in [0.05, 0.1) is 20.5 Å². The van der Waals surface area contributed by atoms with E-state index in [9.17, 15) is 9.90 Å². The fraction of sp³-hybridized carbons (Fsp3) is 0.0588. The van der Waals surface area contributed by atoms with Crippen LogP contribution in [0, 0.1) is 3.57 Å². The van der Waals surface area contributed by atoms with E-state index in [0.717, 1.165) is 14.8 Å². The Labute approximate surface area is 141 Å². The minimum absolute atomic E-state index is 0.146. The van der Waals surface area contributed by atoms with Crippen molar-refractivity contribution >= 4 is 46.0 Å². The molecule has 0 aliphatic carbocycles. The summed E-state index contributed by atoms with van der Waals surface area (Å²) in [6.45, 7) is 1.82. The van der Waals surface area contributed by atoms with Gasteiger partial charge < -0.3 is 5.11 Å². The molecule has 2 aromatic rings. The monoisotopic (exact) mass is 404 g/mol. The smallest absolute Gasteiger partial charge is 0.280 e. The summed E-state index contributed by atoms with van der Waals surface area (Å²) in [7, 11) is 0. The molecular weight excluding hydrogens is 391 g/mol. The lowest BCUT2D eigenvalue weighted by Crippen LogP contribution is -2.21. The van der Waals surface area contributed by atoms with Crippen LogP contribution in [0.2, 0.25) is 0 Å². The molecule has 0 saturated heterocycles. The number of amides is 1. The van der Waals surface area contributed by atoms with Crippen LogP contribution in [-0.2, 0) is 4.79 Å². The van der Waals surface area contributed by atoms with Crippen molar-refractivity contribution in [3.8, 4) is 5.75 Å². The van der Waals surface area contributed by atoms with Crippen LogP contribution in [0.3, 0.4) is 0 Å². The van der Waals surface area contributed by atoms with Crippen molar-refractivity contribution < 1.29 is 9.90 Å². The Hall–Kier alpha value is -2.15. The number of hydrogen-bond donors (Lipinski definition) is 1. The molecule has 0 fully saturated rings. The van der Waals surface area contributed by atoms with Crippen molar-refractivity contribution in [1.82, 2.24) is 0 Å². The fourth-order valence-corrected chi connectivity index (χ4v) is 2.75. The Kier molecular flexibility index (Phi) is 3.98. The second kappa shape index (κ2) is 5.92. The molecule has 3 rings (SSSR count). The first-order valence-electron chi connectivity index (χ1n) is 6.71. The number of aromatic hydroxyl groups is 1. The molecule has 1 aliphatic heterocycles. The number of carbonyl (C=O) groups excluding carboxylic acids is 1. The summed E-state index contributed by atoms with van der Waals surface area (Å²) >= 11 is 2.06. The number of rotatable bonds is 2. The van der Waals surface area contributed by atoms with Crippen LogP contribution in [0.5, 0.6) is 5.75 Å². The van der Waals surface area contributed by atoms with Crippen LogP contribution in [-0.4, -0.2) is 16.7 Å². The third-order valence-corrected chi connectivity index (χ3v) is 4.21. The second-order valence-electron chi connectivity index (χ2n) is 4.91. The highest BCUT2D eigenvalue weighted by molar-refractivity contribution is 14.1. The zero-order valence-corrected chi connectivity index (χ0v) is 14.0. The topological polar surface area (TPSA) is 52.9 Å². The highest BCUT2D eigenvalue weighted by atomic mass is 127. The summed E-state index contributed by atoms with van der Waals surface area (Å²) in [5.41, 5.74) is 2.84. The number of hydrazone groups is 1. The predicted molar refractivity (Wildman–Crippen MR) is 95.8 cm³/mol. The van der Waals surface area contributed by atoms with Crippen LogP contribution in [0.4, 0.5) is 5.69 Å². The molecule has 0 unspecified atom stereocenters. The number of phenols is 1. The summed E-state index contributed by atoms with van der Waals surface area (Å²) in [6, 6.07) is 14.6. The number of para-hydroxylation sites is 1. The maximum absolute atomic E-state index is 12.6. The molecule has 0 bridgehead atoms. The summed E-state index contributed by atoms with van der Waals surface area (Å²) in [4.78, 5) is 12.6. The Morgan fingerprint density at radius 1 is 1.18 bits per heavy atom. The molecule has 4 nitrogen and oxygen atoms in total.